The Morgan fingerprint density at radius 1 is 1.35 bits per heavy atom. The number of amides is 3. The first-order chi connectivity index (χ1) is 8.10. The molecule has 0 spiro atoms. The van der Waals surface area contributed by atoms with Gasteiger partial charge in [-0.2, -0.15) is 5.26 Å². The highest BCUT2D eigenvalue weighted by atomic mass is 16.2. The van der Waals surface area contributed by atoms with Gasteiger partial charge < -0.3 is 4.90 Å². The molecule has 0 saturated carbocycles. The molecule has 0 N–H and O–H groups in total. The lowest BCUT2D eigenvalue weighted by Gasteiger charge is -2.18. The molecule has 0 aromatic rings. The largest absolute Gasteiger partial charge is 0.340 e. The van der Waals surface area contributed by atoms with Gasteiger partial charge in [-0.1, -0.05) is 0 Å². The highest BCUT2D eigenvalue weighted by molar-refractivity contribution is 6.06. The molecule has 2 saturated heterocycles. The fraction of sp³-hybridized carbons (Fsp3) is 0.636. The van der Waals surface area contributed by atoms with Crippen molar-refractivity contribution < 1.29 is 14.4 Å². The predicted octanol–water partition coefficient (Wildman–Crippen LogP) is -0.637. The summed E-state index contributed by atoms with van der Waals surface area (Å²) in [4.78, 5) is 37.9. The summed E-state index contributed by atoms with van der Waals surface area (Å²) in [6.07, 6.45) is -0.195. The molecule has 6 nitrogen and oxygen atoms in total. The molecule has 0 aromatic carbocycles. The van der Waals surface area contributed by atoms with Crippen LogP contribution in [0.25, 0.3) is 0 Å². The molecular formula is C11H13N3O3. The SMILES string of the molecule is CCN1C(=O)[C@@H]2CN(C(=O)CC#N)C[C@H]2C1=O. The Bertz CT molecular complexity index is 402. The van der Waals surface area contributed by atoms with Crippen LogP contribution >= 0.6 is 0 Å². The van der Waals surface area contributed by atoms with Gasteiger partial charge in [-0.05, 0) is 6.92 Å². The van der Waals surface area contributed by atoms with Crippen molar-refractivity contribution in [2.24, 2.45) is 11.8 Å². The lowest BCUT2D eigenvalue weighted by Crippen LogP contribution is -2.37. The van der Waals surface area contributed by atoms with Crippen LogP contribution in [0.1, 0.15) is 13.3 Å². The van der Waals surface area contributed by atoms with E-state index in [2.05, 4.69) is 0 Å². The van der Waals surface area contributed by atoms with Gasteiger partial charge in [0.15, 0.2) is 0 Å². The van der Waals surface area contributed by atoms with Gasteiger partial charge in [0.1, 0.15) is 6.42 Å². The van der Waals surface area contributed by atoms with E-state index in [4.69, 9.17) is 5.26 Å². The molecule has 0 aromatic heterocycles. The Balaban J connectivity index is 2.10. The average molecular weight is 235 g/mol. The molecular weight excluding hydrogens is 222 g/mol. The first kappa shape index (κ1) is 11.6. The third-order valence-corrected chi connectivity index (χ3v) is 3.39. The predicted molar refractivity (Wildman–Crippen MR) is 56.2 cm³/mol. The number of rotatable bonds is 2. The zero-order valence-corrected chi connectivity index (χ0v) is 9.55. The van der Waals surface area contributed by atoms with Gasteiger partial charge in [0.05, 0.1) is 17.9 Å². The number of imide groups is 1. The molecule has 2 fully saturated rings. The minimum Gasteiger partial charge on any atom is -0.340 e. The molecule has 0 unspecified atom stereocenters. The van der Waals surface area contributed by atoms with Crippen molar-refractivity contribution in [3.8, 4) is 6.07 Å². The van der Waals surface area contributed by atoms with Crippen LogP contribution in [-0.2, 0) is 14.4 Å². The van der Waals surface area contributed by atoms with Crippen LogP contribution in [0, 0.1) is 23.2 Å². The minimum absolute atomic E-state index is 0.185. The summed E-state index contributed by atoms with van der Waals surface area (Å²) in [7, 11) is 0. The Morgan fingerprint density at radius 3 is 2.29 bits per heavy atom. The van der Waals surface area contributed by atoms with Crippen LogP contribution in [-0.4, -0.2) is 47.2 Å². The third-order valence-electron chi connectivity index (χ3n) is 3.39. The summed E-state index contributed by atoms with van der Waals surface area (Å²) in [6.45, 7) is 2.69. The van der Waals surface area contributed by atoms with Crippen molar-refractivity contribution in [2.75, 3.05) is 19.6 Å². The van der Waals surface area contributed by atoms with E-state index in [0.717, 1.165) is 0 Å². The standard InChI is InChI=1S/C11H13N3O3/c1-2-14-10(16)7-5-13(9(15)3-4-12)6-8(7)11(14)17/h7-8H,2-3,5-6H2,1H3/t7-,8-/m1/s1. The highest BCUT2D eigenvalue weighted by Gasteiger charge is 2.52. The lowest BCUT2D eigenvalue weighted by molar-refractivity contribution is -0.140. The van der Waals surface area contributed by atoms with E-state index in [-0.39, 0.29) is 37.2 Å². The summed E-state index contributed by atoms with van der Waals surface area (Å²) >= 11 is 0. The number of likely N-dealkylation sites (tertiary alicyclic amines) is 2. The Morgan fingerprint density at radius 2 is 1.88 bits per heavy atom. The summed E-state index contributed by atoms with van der Waals surface area (Å²) in [5.41, 5.74) is 0. The Kier molecular flexibility index (Phi) is 2.84. The summed E-state index contributed by atoms with van der Waals surface area (Å²) < 4.78 is 0. The Labute approximate surface area is 98.8 Å². The number of nitriles is 1. The molecule has 2 atom stereocenters. The molecule has 0 aliphatic carbocycles. The minimum atomic E-state index is -0.398. The Hall–Kier alpha value is -1.90. The average Bonchev–Trinajstić information content (AvgIpc) is 2.81. The van der Waals surface area contributed by atoms with Crippen LogP contribution in [0.2, 0.25) is 0 Å². The molecule has 90 valence electrons. The van der Waals surface area contributed by atoms with E-state index >= 15 is 0 Å². The van der Waals surface area contributed by atoms with Gasteiger partial charge in [0, 0.05) is 19.6 Å². The molecule has 2 aliphatic rings. The van der Waals surface area contributed by atoms with E-state index in [1.807, 2.05) is 0 Å². The van der Waals surface area contributed by atoms with Crippen LogP contribution in [0.3, 0.4) is 0 Å². The fourth-order valence-electron chi connectivity index (χ4n) is 2.51. The van der Waals surface area contributed by atoms with Gasteiger partial charge in [-0.25, -0.2) is 0 Å². The van der Waals surface area contributed by atoms with E-state index in [0.29, 0.717) is 6.54 Å². The molecule has 3 amide bonds. The second kappa shape index (κ2) is 4.17. The van der Waals surface area contributed by atoms with Crippen LogP contribution in [0.4, 0.5) is 0 Å². The summed E-state index contributed by atoms with van der Waals surface area (Å²) in [5, 5.41) is 8.44. The van der Waals surface area contributed by atoms with Crippen molar-refractivity contribution in [1.82, 2.24) is 9.80 Å². The summed E-state index contributed by atoms with van der Waals surface area (Å²) in [5.74, 6) is -1.47. The normalized spacial score (nSPS) is 27.3. The summed E-state index contributed by atoms with van der Waals surface area (Å²) in [6, 6.07) is 1.78. The number of nitrogens with zero attached hydrogens (tertiary/aromatic N) is 3. The van der Waals surface area contributed by atoms with Gasteiger partial charge in [-0.3, -0.25) is 19.3 Å². The van der Waals surface area contributed by atoms with Crippen LogP contribution in [0.15, 0.2) is 0 Å². The monoisotopic (exact) mass is 235 g/mol. The van der Waals surface area contributed by atoms with Gasteiger partial charge in [0.25, 0.3) is 0 Å². The number of carbonyl (C=O) groups excluding carboxylic acids is 3. The van der Waals surface area contributed by atoms with E-state index < -0.39 is 11.8 Å². The molecule has 2 aliphatic heterocycles. The second-order valence-electron chi connectivity index (χ2n) is 4.27. The molecule has 17 heavy (non-hydrogen) atoms. The lowest BCUT2D eigenvalue weighted by atomic mass is 10.00. The van der Waals surface area contributed by atoms with Gasteiger partial charge >= 0.3 is 0 Å². The first-order valence-corrected chi connectivity index (χ1v) is 5.60. The second-order valence-corrected chi connectivity index (χ2v) is 4.27. The first-order valence-electron chi connectivity index (χ1n) is 5.60. The number of fused-ring (bicyclic) bond motifs is 1. The van der Waals surface area contributed by atoms with Crippen molar-refractivity contribution >= 4 is 17.7 Å². The van der Waals surface area contributed by atoms with Crippen molar-refractivity contribution in [3.05, 3.63) is 0 Å². The molecule has 2 rings (SSSR count). The molecule has 2 heterocycles. The van der Waals surface area contributed by atoms with Crippen molar-refractivity contribution in [1.29, 1.82) is 5.26 Å². The number of carbonyl (C=O) groups is 3. The van der Waals surface area contributed by atoms with Gasteiger partial charge in [0.2, 0.25) is 17.7 Å². The molecule has 0 bridgehead atoms. The number of hydrogen-bond acceptors (Lipinski definition) is 4. The van der Waals surface area contributed by atoms with E-state index in [1.165, 1.54) is 9.80 Å². The topological polar surface area (TPSA) is 81.5 Å². The van der Waals surface area contributed by atoms with Crippen molar-refractivity contribution in [2.45, 2.75) is 13.3 Å². The van der Waals surface area contributed by atoms with Crippen LogP contribution in [0.5, 0.6) is 0 Å². The molecule has 6 heteroatoms. The maximum absolute atomic E-state index is 11.9. The van der Waals surface area contributed by atoms with E-state index in [9.17, 15) is 14.4 Å². The van der Waals surface area contributed by atoms with E-state index in [1.54, 1.807) is 13.0 Å². The number of hydrogen-bond donors (Lipinski definition) is 0. The highest BCUT2D eigenvalue weighted by Crippen LogP contribution is 2.33. The van der Waals surface area contributed by atoms with Crippen molar-refractivity contribution in [3.63, 3.8) is 0 Å². The zero-order valence-electron chi connectivity index (χ0n) is 9.55. The molecule has 0 radical (unpaired) electrons. The van der Waals surface area contributed by atoms with Crippen LogP contribution < -0.4 is 0 Å². The fourth-order valence-corrected chi connectivity index (χ4v) is 2.51. The maximum atomic E-state index is 11.9. The quantitative estimate of drug-likeness (QED) is 0.596. The smallest absolute Gasteiger partial charge is 0.236 e. The maximum Gasteiger partial charge on any atom is 0.236 e. The third kappa shape index (κ3) is 1.68. The van der Waals surface area contributed by atoms with Gasteiger partial charge in [-0.15, -0.1) is 0 Å². The zero-order chi connectivity index (χ0) is 12.6.